The predicted octanol–water partition coefficient (Wildman–Crippen LogP) is 1.32. The van der Waals surface area contributed by atoms with Gasteiger partial charge in [-0.2, -0.15) is 0 Å². The third-order valence-corrected chi connectivity index (χ3v) is 3.00. The van der Waals surface area contributed by atoms with Crippen LogP contribution in [-0.2, 0) is 11.3 Å². The van der Waals surface area contributed by atoms with Crippen LogP contribution in [0, 0.1) is 0 Å². The van der Waals surface area contributed by atoms with Crippen LogP contribution >= 0.6 is 11.6 Å². The van der Waals surface area contributed by atoms with Crippen molar-refractivity contribution in [3.63, 3.8) is 0 Å². The summed E-state index contributed by atoms with van der Waals surface area (Å²) in [5.41, 5.74) is 6.86. The molecule has 0 bridgehead atoms. The molecule has 90 valence electrons. The van der Waals surface area contributed by atoms with Gasteiger partial charge in [0, 0.05) is 17.8 Å². The highest BCUT2D eigenvalue weighted by atomic mass is 35.5. The molecular weight excluding hydrogens is 242 g/mol. The van der Waals surface area contributed by atoms with Crippen LogP contribution in [0.15, 0.2) is 18.2 Å². The van der Waals surface area contributed by atoms with Gasteiger partial charge >= 0.3 is 6.03 Å². The zero-order valence-corrected chi connectivity index (χ0v) is 10.1. The first-order valence-corrected chi connectivity index (χ1v) is 5.46. The van der Waals surface area contributed by atoms with Gasteiger partial charge in [-0.1, -0.05) is 11.6 Å². The number of nitrogens with zero attached hydrogens (tertiary/aromatic N) is 2. The van der Waals surface area contributed by atoms with E-state index in [1.807, 2.05) is 0 Å². The van der Waals surface area contributed by atoms with Crippen LogP contribution in [0.25, 0.3) is 0 Å². The number of carbonyl (C=O) groups excluding carboxylic acids is 2. The van der Waals surface area contributed by atoms with E-state index in [1.54, 1.807) is 25.2 Å². The molecule has 1 saturated heterocycles. The maximum atomic E-state index is 11.7. The zero-order valence-electron chi connectivity index (χ0n) is 9.31. The maximum absolute atomic E-state index is 11.7. The van der Waals surface area contributed by atoms with Crippen molar-refractivity contribution in [3.8, 4) is 0 Å². The average Bonchev–Trinajstić information content (AvgIpc) is 2.50. The molecule has 1 aromatic rings. The summed E-state index contributed by atoms with van der Waals surface area (Å²) in [6, 6.07) is 4.68. The first-order valence-electron chi connectivity index (χ1n) is 5.08. The number of halogens is 1. The first kappa shape index (κ1) is 11.7. The normalized spacial score (nSPS) is 15.9. The minimum atomic E-state index is -0.312. The summed E-state index contributed by atoms with van der Waals surface area (Å²) in [4.78, 5) is 25.8. The summed E-state index contributed by atoms with van der Waals surface area (Å²) in [5, 5.41) is 0.495. The fourth-order valence-electron chi connectivity index (χ4n) is 1.71. The van der Waals surface area contributed by atoms with Gasteiger partial charge in [-0.25, -0.2) is 4.79 Å². The van der Waals surface area contributed by atoms with E-state index in [0.717, 1.165) is 0 Å². The zero-order chi connectivity index (χ0) is 12.6. The Morgan fingerprint density at radius 1 is 1.41 bits per heavy atom. The standard InChI is InChI=1S/C11H12ClN3O2/c1-14-6-10(16)15(11(14)17)5-7-4-8(13)2-3-9(7)12/h2-4H,5-6,13H2,1H3. The molecule has 0 spiro atoms. The molecule has 1 heterocycles. The minimum absolute atomic E-state index is 0.110. The third kappa shape index (κ3) is 2.19. The fraction of sp³-hybridized carbons (Fsp3) is 0.273. The average molecular weight is 254 g/mol. The van der Waals surface area contributed by atoms with Gasteiger partial charge in [-0.3, -0.25) is 9.69 Å². The molecule has 0 unspecified atom stereocenters. The number of carbonyl (C=O) groups is 2. The highest BCUT2D eigenvalue weighted by molar-refractivity contribution is 6.31. The van der Waals surface area contributed by atoms with Gasteiger partial charge in [-0.05, 0) is 23.8 Å². The quantitative estimate of drug-likeness (QED) is 0.638. The van der Waals surface area contributed by atoms with Crippen LogP contribution in [0.3, 0.4) is 0 Å². The van der Waals surface area contributed by atoms with Gasteiger partial charge < -0.3 is 10.6 Å². The lowest BCUT2D eigenvalue weighted by molar-refractivity contribution is -0.125. The number of hydrogen-bond acceptors (Lipinski definition) is 3. The predicted molar refractivity (Wildman–Crippen MR) is 64.4 cm³/mol. The second kappa shape index (κ2) is 4.25. The lowest BCUT2D eigenvalue weighted by Gasteiger charge is -2.15. The Bertz CT molecular complexity index is 490. The Kier molecular flexibility index (Phi) is 2.93. The number of imide groups is 1. The molecule has 1 fully saturated rings. The van der Waals surface area contributed by atoms with Crippen molar-refractivity contribution in [1.29, 1.82) is 0 Å². The smallest absolute Gasteiger partial charge is 0.327 e. The minimum Gasteiger partial charge on any atom is -0.399 e. The molecule has 0 saturated carbocycles. The SMILES string of the molecule is CN1CC(=O)N(Cc2cc(N)ccc2Cl)C1=O. The number of hydrogen-bond donors (Lipinski definition) is 1. The summed E-state index contributed by atoms with van der Waals surface area (Å²) >= 11 is 5.99. The van der Waals surface area contributed by atoms with Crippen molar-refractivity contribution in [2.45, 2.75) is 6.54 Å². The maximum Gasteiger partial charge on any atom is 0.327 e. The van der Waals surface area contributed by atoms with Gasteiger partial charge in [0.05, 0.1) is 6.54 Å². The molecule has 6 heteroatoms. The number of rotatable bonds is 2. The molecule has 17 heavy (non-hydrogen) atoms. The Balaban J connectivity index is 2.24. The monoisotopic (exact) mass is 253 g/mol. The lowest BCUT2D eigenvalue weighted by atomic mass is 10.2. The largest absolute Gasteiger partial charge is 0.399 e. The summed E-state index contributed by atoms with van der Waals surface area (Å²) in [6.45, 7) is 0.269. The molecule has 2 N–H and O–H groups in total. The Labute approximate surface area is 104 Å². The number of benzene rings is 1. The van der Waals surface area contributed by atoms with Crippen LogP contribution in [0.4, 0.5) is 10.5 Å². The van der Waals surface area contributed by atoms with Crippen molar-refractivity contribution in [3.05, 3.63) is 28.8 Å². The Hall–Kier alpha value is -1.75. The van der Waals surface area contributed by atoms with Gasteiger partial charge in [0.25, 0.3) is 5.91 Å². The van der Waals surface area contributed by atoms with E-state index >= 15 is 0 Å². The van der Waals surface area contributed by atoms with Crippen LogP contribution in [0.1, 0.15) is 5.56 Å². The van der Waals surface area contributed by atoms with Gasteiger partial charge in [0.2, 0.25) is 0 Å². The highest BCUT2D eigenvalue weighted by Crippen LogP contribution is 2.22. The van der Waals surface area contributed by atoms with E-state index in [4.69, 9.17) is 17.3 Å². The number of anilines is 1. The van der Waals surface area contributed by atoms with Crippen molar-refractivity contribution < 1.29 is 9.59 Å². The Morgan fingerprint density at radius 2 is 2.12 bits per heavy atom. The summed E-state index contributed by atoms with van der Waals surface area (Å²) in [6.07, 6.45) is 0. The van der Waals surface area contributed by atoms with Crippen LogP contribution in [0.5, 0.6) is 0 Å². The van der Waals surface area contributed by atoms with E-state index in [2.05, 4.69) is 0 Å². The molecule has 5 nitrogen and oxygen atoms in total. The van der Waals surface area contributed by atoms with E-state index in [9.17, 15) is 9.59 Å². The fourth-order valence-corrected chi connectivity index (χ4v) is 1.89. The van der Waals surface area contributed by atoms with Crippen molar-refractivity contribution >= 4 is 29.2 Å². The van der Waals surface area contributed by atoms with Gasteiger partial charge in [0.15, 0.2) is 0 Å². The second-order valence-electron chi connectivity index (χ2n) is 3.97. The van der Waals surface area contributed by atoms with Crippen LogP contribution in [-0.4, -0.2) is 35.3 Å². The van der Waals surface area contributed by atoms with Crippen LogP contribution < -0.4 is 5.73 Å². The van der Waals surface area contributed by atoms with Crippen molar-refractivity contribution in [1.82, 2.24) is 9.80 Å². The van der Waals surface area contributed by atoms with Gasteiger partial charge in [-0.15, -0.1) is 0 Å². The summed E-state index contributed by atoms with van der Waals surface area (Å²) < 4.78 is 0. The molecule has 0 aliphatic carbocycles. The molecule has 0 atom stereocenters. The molecule has 1 aromatic carbocycles. The molecule has 1 aliphatic rings. The Morgan fingerprint density at radius 3 is 2.71 bits per heavy atom. The number of nitrogen functional groups attached to an aromatic ring is 1. The highest BCUT2D eigenvalue weighted by Gasteiger charge is 2.33. The lowest BCUT2D eigenvalue weighted by Crippen LogP contribution is -2.31. The molecule has 2 rings (SSSR count). The van der Waals surface area contributed by atoms with Crippen molar-refractivity contribution in [2.75, 3.05) is 19.3 Å². The summed E-state index contributed by atoms with van der Waals surface area (Å²) in [7, 11) is 1.58. The van der Waals surface area contributed by atoms with E-state index in [-0.39, 0.29) is 25.0 Å². The van der Waals surface area contributed by atoms with E-state index in [0.29, 0.717) is 16.3 Å². The van der Waals surface area contributed by atoms with Crippen LogP contribution in [0.2, 0.25) is 5.02 Å². The second-order valence-corrected chi connectivity index (χ2v) is 4.38. The van der Waals surface area contributed by atoms with E-state index in [1.165, 1.54) is 9.80 Å². The number of likely N-dealkylation sites (N-methyl/N-ethyl adjacent to an activating group) is 1. The van der Waals surface area contributed by atoms with E-state index < -0.39 is 0 Å². The third-order valence-electron chi connectivity index (χ3n) is 2.63. The molecule has 3 amide bonds. The number of urea groups is 1. The summed E-state index contributed by atoms with van der Waals surface area (Å²) in [5.74, 6) is -0.226. The first-order chi connectivity index (χ1) is 7.99. The molecule has 0 aromatic heterocycles. The molecule has 1 aliphatic heterocycles. The van der Waals surface area contributed by atoms with Gasteiger partial charge in [0.1, 0.15) is 6.54 Å². The number of amides is 3. The topological polar surface area (TPSA) is 66.6 Å². The number of nitrogens with two attached hydrogens (primary N) is 1. The molecule has 0 radical (unpaired) electrons. The van der Waals surface area contributed by atoms with Crippen molar-refractivity contribution in [2.24, 2.45) is 0 Å². The molecular formula is C11H12ClN3O2.